The van der Waals surface area contributed by atoms with E-state index in [1.54, 1.807) is 18.2 Å². The number of amides is 1. The van der Waals surface area contributed by atoms with Gasteiger partial charge in [-0.25, -0.2) is 15.0 Å². The molecule has 10 nitrogen and oxygen atoms in total. The molecule has 3 atom stereocenters. The minimum absolute atomic E-state index is 0.0866. The Morgan fingerprint density at radius 3 is 2.71 bits per heavy atom. The van der Waals surface area contributed by atoms with Crippen LogP contribution in [0.25, 0.3) is 0 Å². The summed E-state index contributed by atoms with van der Waals surface area (Å²) in [5, 5.41) is 9.12. The number of ether oxygens (including phenoxy) is 1. The quantitative estimate of drug-likeness (QED) is 0.291. The predicted molar refractivity (Wildman–Crippen MR) is 166 cm³/mol. The maximum Gasteiger partial charge on any atom is 0.247 e. The van der Waals surface area contributed by atoms with Gasteiger partial charge in [-0.15, -0.1) is 0 Å². The fourth-order valence-electron chi connectivity index (χ4n) is 6.18. The number of fused-ring (bicyclic) bond motifs is 2. The average molecular weight is 611 g/mol. The van der Waals surface area contributed by atoms with Crippen molar-refractivity contribution in [3.05, 3.63) is 71.0 Å². The highest BCUT2D eigenvalue weighted by molar-refractivity contribution is 6.42. The number of hydrogen-bond acceptors (Lipinski definition) is 9. The Kier molecular flexibility index (Phi) is 8.13. The van der Waals surface area contributed by atoms with Crippen molar-refractivity contribution in [3.63, 3.8) is 0 Å². The standard InChI is InChI=1S/C30H33Cl2N7O3/c1-4-30(40)36-23-12-24(27(41-3)13-26(23)38-16-19-11-20(38)15-37(19)5-2)35-28-14-29(34-17-33-28)39-25(8-9-42-39)18-6-7-21(31)22(32)10-18/h4,6-7,10,12-14,17,19-20,25H,1,5,8-9,11,15-16H2,2-3H3,(H,36,40)(H,33,34,35)/t19-,20-,25+/m0/s1. The number of likely N-dealkylation sites (N-methyl/N-ethyl adjacent to an activating group) is 1. The van der Waals surface area contributed by atoms with Crippen molar-refractivity contribution in [2.45, 2.75) is 37.9 Å². The van der Waals surface area contributed by atoms with Crippen LogP contribution in [0.1, 0.15) is 31.4 Å². The van der Waals surface area contributed by atoms with Gasteiger partial charge in [-0.05, 0) is 42.8 Å². The van der Waals surface area contributed by atoms with Crippen LogP contribution in [0.4, 0.5) is 28.7 Å². The smallest absolute Gasteiger partial charge is 0.247 e. The molecule has 0 aliphatic carbocycles. The molecule has 2 bridgehead atoms. The summed E-state index contributed by atoms with van der Waals surface area (Å²) in [4.78, 5) is 32.2. The number of likely N-dealkylation sites (tertiary alicyclic amines) is 1. The Hall–Kier alpha value is -3.57. The largest absolute Gasteiger partial charge is 0.494 e. The monoisotopic (exact) mass is 609 g/mol. The minimum atomic E-state index is -0.282. The number of rotatable bonds is 9. The van der Waals surface area contributed by atoms with E-state index in [2.05, 4.69) is 43.9 Å². The topological polar surface area (TPSA) is 95.1 Å². The van der Waals surface area contributed by atoms with Gasteiger partial charge in [0.2, 0.25) is 5.91 Å². The zero-order valence-corrected chi connectivity index (χ0v) is 25.0. The molecule has 0 saturated carbocycles. The molecule has 42 heavy (non-hydrogen) atoms. The summed E-state index contributed by atoms with van der Waals surface area (Å²) in [6, 6.07) is 12.1. The molecule has 0 radical (unpaired) electrons. The Morgan fingerprint density at radius 1 is 1.14 bits per heavy atom. The highest BCUT2D eigenvalue weighted by Gasteiger charge is 2.43. The molecule has 6 rings (SSSR count). The van der Waals surface area contributed by atoms with E-state index in [1.165, 1.54) is 12.4 Å². The van der Waals surface area contributed by atoms with Crippen molar-refractivity contribution < 1.29 is 14.4 Å². The van der Waals surface area contributed by atoms with Gasteiger partial charge in [-0.2, -0.15) is 0 Å². The zero-order chi connectivity index (χ0) is 29.4. The Morgan fingerprint density at radius 2 is 2.00 bits per heavy atom. The van der Waals surface area contributed by atoms with Crippen LogP contribution in [0.2, 0.25) is 10.0 Å². The predicted octanol–water partition coefficient (Wildman–Crippen LogP) is 5.83. The molecule has 2 aromatic carbocycles. The number of nitrogens with one attached hydrogen (secondary N) is 2. The molecule has 1 amide bonds. The lowest BCUT2D eigenvalue weighted by molar-refractivity contribution is -0.111. The van der Waals surface area contributed by atoms with Gasteiger partial charge >= 0.3 is 0 Å². The molecule has 3 fully saturated rings. The van der Waals surface area contributed by atoms with E-state index >= 15 is 0 Å². The van der Waals surface area contributed by atoms with E-state index < -0.39 is 0 Å². The Bertz CT molecular complexity index is 1510. The van der Waals surface area contributed by atoms with Crippen LogP contribution in [0, 0.1) is 0 Å². The molecular weight excluding hydrogens is 577 g/mol. The fraction of sp³-hybridized carbons (Fsp3) is 0.367. The normalized spacial score (nSPS) is 21.6. The van der Waals surface area contributed by atoms with Gasteiger partial charge in [0.05, 0.1) is 46.9 Å². The molecule has 220 valence electrons. The number of piperazine rings is 1. The summed E-state index contributed by atoms with van der Waals surface area (Å²) in [6.07, 6.45) is 4.62. The van der Waals surface area contributed by atoms with Gasteiger partial charge in [-0.3, -0.25) is 14.5 Å². The van der Waals surface area contributed by atoms with Crippen molar-refractivity contribution in [1.29, 1.82) is 0 Å². The first kappa shape index (κ1) is 28.5. The van der Waals surface area contributed by atoms with E-state index in [4.69, 9.17) is 32.8 Å². The van der Waals surface area contributed by atoms with Crippen LogP contribution < -0.4 is 25.3 Å². The number of aromatic nitrogens is 2. The summed E-state index contributed by atoms with van der Waals surface area (Å²) in [5.41, 5.74) is 3.23. The first-order chi connectivity index (χ1) is 20.4. The Balaban J connectivity index is 1.29. The second-order valence-electron chi connectivity index (χ2n) is 10.6. The summed E-state index contributed by atoms with van der Waals surface area (Å²) < 4.78 is 5.82. The van der Waals surface area contributed by atoms with Crippen LogP contribution in [0.15, 0.2) is 55.4 Å². The number of nitrogens with zero attached hydrogens (tertiary/aromatic N) is 5. The van der Waals surface area contributed by atoms with Crippen LogP contribution in [-0.2, 0) is 9.63 Å². The molecule has 3 aromatic rings. The third-order valence-corrected chi connectivity index (χ3v) is 8.94. The van der Waals surface area contributed by atoms with Crippen molar-refractivity contribution in [1.82, 2.24) is 14.9 Å². The van der Waals surface area contributed by atoms with Crippen LogP contribution in [-0.4, -0.2) is 66.2 Å². The van der Waals surface area contributed by atoms with Crippen molar-refractivity contribution >= 4 is 57.8 Å². The number of carbonyl (C=O) groups excluding carboxylic acids is 1. The second-order valence-corrected chi connectivity index (χ2v) is 11.4. The van der Waals surface area contributed by atoms with E-state index in [1.807, 2.05) is 30.3 Å². The van der Waals surface area contributed by atoms with E-state index in [-0.39, 0.29) is 11.9 Å². The summed E-state index contributed by atoms with van der Waals surface area (Å²) >= 11 is 12.4. The number of methoxy groups -OCH3 is 1. The average Bonchev–Trinajstić information content (AvgIpc) is 3.75. The Labute approximate surface area is 255 Å². The van der Waals surface area contributed by atoms with Crippen LogP contribution in [0.3, 0.4) is 0 Å². The fourth-order valence-corrected chi connectivity index (χ4v) is 6.49. The minimum Gasteiger partial charge on any atom is -0.494 e. The van der Waals surface area contributed by atoms with Gasteiger partial charge in [0.15, 0.2) is 5.82 Å². The number of hydroxylamine groups is 1. The van der Waals surface area contributed by atoms with Crippen molar-refractivity contribution in [3.8, 4) is 5.75 Å². The van der Waals surface area contributed by atoms with Crippen LogP contribution in [0.5, 0.6) is 5.75 Å². The summed E-state index contributed by atoms with van der Waals surface area (Å²) in [7, 11) is 1.63. The maximum absolute atomic E-state index is 12.4. The molecule has 0 spiro atoms. The van der Waals surface area contributed by atoms with E-state index in [9.17, 15) is 4.79 Å². The summed E-state index contributed by atoms with van der Waals surface area (Å²) in [5.74, 6) is 1.47. The number of carbonyl (C=O) groups is 1. The first-order valence-corrected chi connectivity index (χ1v) is 14.8. The molecule has 3 aliphatic heterocycles. The maximum atomic E-state index is 12.4. The third-order valence-electron chi connectivity index (χ3n) is 8.21. The van der Waals surface area contributed by atoms with Gasteiger partial charge in [0.25, 0.3) is 0 Å². The molecule has 4 heterocycles. The molecule has 12 heteroatoms. The van der Waals surface area contributed by atoms with Crippen molar-refractivity contribution in [2.75, 3.05) is 53.9 Å². The molecule has 2 N–H and O–H groups in total. The number of halogens is 2. The SMILES string of the molecule is C=CC(=O)Nc1cc(Nc2cc(N3OCC[C@@H]3c3ccc(Cl)c(Cl)c3)ncn2)c(OC)cc1N1C[C@@H]2C[C@H]1CN2CC. The summed E-state index contributed by atoms with van der Waals surface area (Å²) in [6.45, 7) is 9.31. The van der Waals surface area contributed by atoms with E-state index in [0.29, 0.717) is 57.5 Å². The second kappa shape index (κ2) is 12.0. The van der Waals surface area contributed by atoms with Gasteiger partial charge in [0.1, 0.15) is 17.9 Å². The molecular formula is C30H33Cl2N7O3. The van der Waals surface area contributed by atoms with Gasteiger partial charge in [-0.1, -0.05) is 42.8 Å². The number of benzene rings is 2. The third kappa shape index (κ3) is 5.47. The number of hydrogen-bond donors (Lipinski definition) is 2. The lowest BCUT2D eigenvalue weighted by Gasteiger charge is -2.36. The first-order valence-electron chi connectivity index (χ1n) is 14.0. The highest BCUT2D eigenvalue weighted by atomic mass is 35.5. The molecule has 3 saturated heterocycles. The zero-order valence-electron chi connectivity index (χ0n) is 23.5. The van der Waals surface area contributed by atoms with Crippen LogP contribution >= 0.6 is 23.2 Å². The van der Waals surface area contributed by atoms with Gasteiger partial charge < -0.3 is 20.3 Å². The van der Waals surface area contributed by atoms with Gasteiger partial charge in [0, 0.05) is 43.7 Å². The van der Waals surface area contributed by atoms with E-state index in [0.717, 1.165) is 43.7 Å². The lowest BCUT2D eigenvalue weighted by Crippen LogP contribution is -2.46. The molecule has 0 unspecified atom stereocenters. The number of anilines is 5. The highest BCUT2D eigenvalue weighted by Crippen LogP contribution is 2.44. The van der Waals surface area contributed by atoms with Crippen molar-refractivity contribution in [2.24, 2.45) is 0 Å². The molecule has 3 aliphatic rings. The lowest BCUT2D eigenvalue weighted by atomic mass is 10.0. The molecule has 1 aromatic heterocycles.